The minimum absolute atomic E-state index is 0.0467. The van der Waals surface area contributed by atoms with Crippen LogP contribution < -0.4 is 0 Å². The second kappa shape index (κ2) is 26.0. The van der Waals surface area contributed by atoms with E-state index in [2.05, 4.69) is 6.92 Å². The number of esters is 1. The lowest BCUT2D eigenvalue weighted by Crippen LogP contribution is -2.20. The first kappa shape index (κ1) is 36.1. The molecule has 0 saturated heterocycles. The first-order valence-corrected chi connectivity index (χ1v) is 16.5. The molecular formula is C33H62O6. The molecule has 3 atom stereocenters. The molecule has 0 fully saturated rings. The van der Waals surface area contributed by atoms with Gasteiger partial charge in [-0.15, -0.1) is 0 Å². The summed E-state index contributed by atoms with van der Waals surface area (Å²) in [5.41, 5.74) is 0.865. The summed E-state index contributed by atoms with van der Waals surface area (Å²) >= 11 is 0. The van der Waals surface area contributed by atoms with Crippen molar-refractivity contribution in [2.45, 2.75) is 167 Å². The van der Waals surface area contributed by atoms with Crippen molar-refractivity contribution in [1.29, 1.82) is 0 Å². The maximum atomic E-state index is 11.6. The Kier molecular flexibility index (Phi) is 24.0. The molecule has 0 spiro atoms. The number of rotatable bonds is 29. The molecule has 6 heteroatoms. The summed E-state index contributed by atoms with van der Waals surface area (Å²) in [6.07, 6.45) is 25.9. The fourth-order valence-corrected chi connectivity index (χ4v) is 5.16. The quantitative estimate of drug-likeness (QED) is 0.0724. The van der Waals surface area contributed by atoms with Gasteiger partial charge in [0.15, 0.2) is 0 Å². The lowest BCUT2D eigenvalue weighted by Gasteiger charge is -2.13. The Labute approximate surface area is 240 Å². The van der Waals surface area contributed by atoms with Gasteiger partial charge >= 0.3 is 5.97 Å². The highest BCUT2D eigenvalue weighted by atomic mass is 16.5. The van der Waals surface area contributed by atoms with Gasteiger partial charge in [0, 0.05) is 5.57 Å². The standard InChI is InChI=1S/C33H62O6/c1-3-4-5-6-7-13-16-19-22-31(34)27-37-24-25-38-28-32(35)23-20-17-14-11-9-8-10-12-15-18-21-30-26-29(2)39-33(30)36/h26,29,31-32,34-35H,3-25,27-28H2,1-2H3/t29-,31+,32+/m0/s1. The number of aliphatic hydroxyl groups excluding tert-OH is 2. The van der Waals surface area contributed by atoms with Crippen LogP contribution in [0.4, 0.5) is 0 Å². The SMILES string of the molecule is CCCCCCCCCC[C@@H](O)COCCOC[C@H](O)CCCCCCCCCCCCC1=C[C@H](C)OC1=O. The van der Waals surface area contributed by atoms with Gasteiger partial charge in [0.2, 0.25) is 0 Å². The summed E-state index contributed by atoms with van der Waals surface area (Å²) in [6.45, 7) is 5.82. The molecule has 0 aromatic heterocycles. The Bertz CT molecular complexity index is 593. The van der Waals surface area contributed by atoms with Gasteiger partial charge in [-0.1, -0.05) is 116 Å². The van der Waals surface area contributed by atoms with Crippen LogP contribution in [-0.4, -0.2) is 60.9 Å². The van der Waals surface area contributed by atoms with Crippen molar-refractivity contribution in [3.05, 3.63) is 11.6 Å². The van der Waals surface area contributed by atoms with Crippen molar-refractivity contribution in [3.63, 3.8) is 0 Å². The third-order valence-electron chi connectivity index (χ3n) is 7.61. The van der Waals surface area contributed by atoms with E-state index in [0.717, 1.165) is 44.1 Å². The molecule has 0 saturated carbocycles. The fourth-order valence-electron chi connectivity index (χ4n) is 5.16. The normalized spacial score (nSPS) is 16.9. The number of carbonyl (C=O) groups excluding carboxylic acids is 1. The van der Waals surface area contributed by atoms with Gasteiger partial charge < -0.3 is 24.4 Å². The van der Waals surface area contributed by atoms with Gasteiger partial charge in [0.25, 0.3) is 0 Å². The van der Waals surface area contributed by atoms with Crippen LogP contribution in [0.1, 0.15) is 149 Å². The van der Waals surface area contributed by atoms with Gasteiger partial charge in [0.05, 0.1) is 38.6 Å². The van der Waals surface area contributed by atoms with Gasteiger partial charge in [-0.2, -0.15) is 0 Å². The largest absolute Gasteiger partial charge is 0.455 e. The van der Waals surface area contributed by atoms with E-state index in [1.807, 2.05) is 13.0 Å². The van der Waals surface area contributed by atoms with Crippen molar-refractivity contribution in [2.24, 2.45) is 0 Å². The molecule has 6 nitrogen and oxygen atoms in total. The average Bonchev–Trinajstić information content (AvgIpc) is 3.24. The van der Waals surface area contributed by atoms with E-state index in [0.29, 0.717) is 26.4 Å². The lowest BCUT2D eigenvalue weighted by molar-refractivity contribution is -0.139. The van der Waals surface area contributed by atoms with Crippen molar-refractivity contribution < 1.29 is 29.2 Å². The summed E-state index contributed by atoms with van der Waals surface area (Å²) in [5, 5.41) is 20.1. The first-order valence-electron chi connectivity index (χ1n) is 16.5. The van der Waals surface area contributed by atoms with E-state index in [1.165, 1.54) is 96.3 Å². The van der Waals surface area contributed by atoms with E-state index in [-0.39, 0.29) is 18.2 Å². The second-order valence-corrected chi connectivity index (χ2v) is 11.6. The van der Waals surface area contributed by atoms with E-state index >= 15 is 0 Å². The number of hydrogen-bond acceptors (Lipinski definition) is 6. The Morgan fingerprint density at radius 2 is 1.10 bits per heavy atom. The Morgan fingerprint density at radius 3 is 1.51 bits per heavy atom. The molecule has 230 valence electrons. The number of hydrogen-bond donors (Lipinski definition) is 2. The van der Waals surface area contributed by atoms with Crippen LogP contribution in [-0.2, 0) is 19.0 Å². The fraction of sp³-hybridized carbons (Fsp3) is 0.909. The molecule has 0 aromatic rings. The van der Waals surface area contributed by atoms with Crippen LogP contribution in [0.15, 0.2) is 11.6 Å². The molecule has 1 aliphatic heterocycles. The predicted octanol–water partition coefficient (Wildman–Crippen LogP) is 7.83. The van der Waals surface area contributed by atoms with Crippen LogP contribution in [0.5, 0.6) is 0 Å². The van der Waals surface area contributed by atoms with Crippen LogP contribution in [0, 0.1) is 0 Å². The topological polar surface area (TPSA) is 85.2 Å². The third kappa shape index (κ3) is 22.4. The molecule has 1 rings (SSSR count). The molecule has 39 heavy (non-hydrogen) atoms. The summed E-state index contributed by atoms with van der Waals surface area (Å²) in [5.74, 6) is -0.122. The number of ether oxygens (including phenoxy) is 3. The predicted molar refractivity (Wildman–Crippen MR) is 160 cm³/mol. The zero-order chi connectivity index (χ0) is 28.4. The van der Waals surface area contributed by atoms with Crippen LogP contribution >= 0.6 is 0 Å². The molecule has 0 amide bonds. The molecule has 0 aromatic carbocycles. The average molecular weight is 555 g/mol. The van der Waals surface area contributed by atoms with Crippen molar-refractivity contribution in [1.82, 2.24) is 0 Å². The Balaban J connectivity index is 1.76. The Hall–Kier alpha value is -0.950. The number of aliphatic hydroxyl groups is 2. The summed E-state index contributed by atoms with van der Waals surface area (Å²) in [4.78, 5) is 11.6. The van der Waals surface area contributed by atoms with E-state index < -0.39 is 6.10 Å². The molecular weight excluding hydrogens is 492 g/mol. The Morgan fingerprint density at radius 1 is 0.692 bits per heavy atom. The van der Waals surface area contributed by atoms with Crippen molar-refractivity contribution in [2.75, 3.05) is 26.4 Å². The maximum absolute atomic E-state index is 11.6. The van der Waals surface area contributed by atoms with Gasteiger partial charge in [-0.3, -0.25) is 0 Å². The minimum Gasteiger partial charge on any atom is -0.455 e. The molecule has 0 radical (unpaired) electrons. The summed E-state index contributed by atoms with van der Waals surface area (Å²) in [7, 11) is 0. The molecule has 2 N–H and O–H groups in total. The highest BCUT2D eigenvalue weighted by molar-refractivity contribution is 5.90. The minimum atomic E-state index is -0.400. The smallest absolute Gasteiger partial charge is 0.334 e. The highest BCUT2D eigenvalue weighted by Gasteiger charge is 2.21. The molecule has 0 bridgehead atoms. The lowest BCUT2D eigenvalue weighted by atomic mass is 10.0. The molecule has 0 aliphatic carbocycles. The van der Waals surface area contributed by atoms with Crippen LogP contribution in [0.25, 0.3) is 0 Å². The maximum Gasteiger partial charge on any atom is 0.334 e. The van der Waals surface area contributed by atoms with Gasteiger partial charge in [0.1, 0.15) is 6.10 Å². The molecule has 1 heterocycles. The summed E-state index contributed by atoms with van der Waals surface area (Å²) < 4.78 is 16.2. The van der Waals surface area contributed by atoms with Crippen LogP contribution in [0.3, 0.4) is 0 Å². The van der Waals surface area contributed by atoms with E-state index in [1.54, 1.807) is 0 Å². The van der Waals surface area contributed by atoms with Gasteiger partial charge in [-0.05, 0) is 38.7 Å². The van der Waals surface area contributed by atoms with E-state index in [9.17, 15) is 15.0 Å². The third-order valence-corrected chi connectivity index (χ3v) is 7.61. The van der Waals surface area contributed by atoms with Crippen LogP contribution in [0.2, 0.25) is 0 Å². The van der Waals surface area contributed by atoms with E-state index in [4.69, 9.17) is 14.2 Å². The highest BCUT2D eigenvalue weighted by Crippen LogP contribution is 2.20. The molecule has 1 aliphatic rings. The van der Waals surface area contributed by atoms with Gasteiger partial charge in [-0.25, -0.2) is 4.79 Å². The number of unbranched alkanes of at least 4 members (excludes halogenated alkanes) is 16. The zero-order valence-electron chi connectivity index (χ0n) is 25.5. The number of carbonyl (C=O) groups is 1. The second-order valence-electron chi connectivity index (χ2n) is 11.6. The summed E-state index contributed by atoms with van der Waals surface area (Å²) in [6, 6.07) is 0. The van der Waals surface area contributed by atoms with Crippen molar-refractivity contribution >= 4 is 5.97 Å². The first-order chi connectivity index (χ1) is 19.0. The molecule has 0 unspecified atom stereocenters. The van der Waals surface area contributed by atoms with Crippen molar-refractivity contribution in [3.8, 4) is 0 Å². The zero-order valence-corrected chi connectivity index (χ0v) is 25.5. The number of cyclic esters (lactones) is 1. The monoisotopic (exact) mass is 554 g/mol.